The fourth-order valence-corrected chi connectivity index (χ4v) is 7.26. The highest BCUT2D eigenvalue weighted by Crippen LogP contribution is 2.57. The van der Waals surface area contributed by atoms with Crippen LogP contribution < -0.4 is 11.1 Å². The summed E-state index contributed by atoms with van der Waals surface area (Å²) in [6, 6.07) is -0.127. The lowest BCUT2D eigenvalue weighted by Crippen LogP contribution is -2.59. The van der Waals surface area contributed by atoms with Crippen molar-refractivity contribution in [3.8, 4) is 0 Å². The van der Waals surface area contributed by atoms with Crippen LogP contribution in [0.15, 0.2) is 0 Å². The quantitative estimate of drug-likeness (QED) is 0.784. The van der Waals surface area contributed by atoms with Crippen LogP contribution in [0.1, 0.15) is 84.5 Å². The second-order valence-electron chi connectivity index (χ2n) is 8.76. The molecule has 148 valence electrons. The first kappa shape index (κ1) is 20.0. The van der Waals surface area contributed by atoms with Gasteiger partial charge in [0.25, 0.3) is 0 Å². The van der Waals surface area contributed by atoms with Crippen LogP contribution in [-0.4, -0.2) is 45.0 Å². The van der Waals surface area contributed by atoms with Gasteiger partial charge in [0.15, 0.2) is 0 Å². The molecule has 1 saturated heterocycles. The number of hydrogen-bond acceptors (Lipinski definition) is 4. The third kappa shape index (κ3) is 3.91. The van der Waals surface area contributed by atoms with E-state index in [9.17, 15) is 9.59 Å². The summed E-state index contributed by atoms with van der Waals surface area (Å²) in [4.78, 5) is 28.1. The molecule has 1 spiro atoms. The molecule has 0 bridgehead atoms. The molecule has 1 atom stereocenters. The van der Waals surface area contributed by atoms with Crippen molar-refractivity contribution in [3.05, 3.63) is 0 Å². The highest BCUT2D eigenvalue weighted by Gasteiger charge is 2.60. The van der Waals surface area contributed by atoms with Gasteiger partial charge in [-0.1, -0.05) is 38.5 Å². The van der Waals surface area contributed by atoms with Crippen molar-refractivity contribution in [3.63, 3.8) is 0 Å². The van der Waals surface area contributed by atoms with Crippen LogP contribution in [-0.2, 0) is 9.59 Å². The van der Waals surface area contributed by atoms with Gasteiger partial charge in [0, 0.05) is 23.8 Å². The van der Waals surface area contributed by atoms with E-state index < -0.39 is 6.04 Å². The van der Waals surface area contributed by atoms with Crippen LogP contribution in [0.3, 0.4) is 0 Å². The number of rotatable bonds is 4. The minimum absolute atomic E-state index is 0.0437. The Hall–Kier alpha value is -0.750. The average molecular weight is 382 g/mol. The molecule has 3 rings (SSSR count). The normalized spacial score (nSPS) is 28.3. The number of thioether (sulfide) groups is 1. The Bertz CT molecular complexity index is 525. The summed E-state index contributed by atoms with van der Waals surface area (Å²) in [5.74, 6) is 0.0958. The SMILES string of the molecule is CC1(C)SC2(CCCCC2)N(C(=O)CCN)[C@@H]1C(=O)NC1CCCCC1. The maximum Gasteiger partial charge on any atom is 0.244 e. The molecule has 3 aliphatic rings. The predicted octanol–water partition coefficient (Wildman–Crippen LogP) is 3.17. The summed E-state index contributed by atoms with van der Waals surface area (Å²) in [6.07, 6.45) is 11.6. The average Bonchev–Trinajstić information content (AvgIpc) is 2.83. The molecule has 1 heterocycles. The largest absolute Gasteiger partial charge is 0.352 e. The number of carbonyl (C=O) groups is 2. The number of carbonyl (C=O) groups excluding carboxylic acids is 2. The lowest BCUT2D eigenvalue weighted by Gasteiger charge is -2.42. The standard InChI is InChI=1S/C20H35N3O2S/c1-19(2)17(18(25)22-15-9-5-3-6-10-15)23(16(24)11-14-21)20(26-19)12-7-4-8-13-20/h15,17H,3-14,21H2,1-2H3,(H,22,25)/t17-/m1/s1. The van der Waals surface area contributed by atoms with Crippen LogP contribution >= 0.6 is 11.8 Å². The Balaban J connectivity index is 1.85. The zero-order valence-corrected chi connectivity index (χ0v) is 17.2. The third-order valence-electron chi connectivity index (χ3n) is 6.27. The molecule has 2 amide bonds. The number of amides is 2. The van der Waals surface area contributed by atoms with Crippen molar-refractivity contribution in [1.29, 1.82) is 0 Å². The minimum atomic E-state index is -0.397. The van der Waals surface area contributed by atoms with Gasteiger partial charge in [0.1, 0.15) is 6.04 Å². The van der Waals surface area contributed by atoms with E-state index >= 15 is 0 Å². The van der Waals surface area contributed by atoms with E-state index in [0.717, 1.165) is 38.5 Å². The van der Waals surface area contributed by atoms with E-state index in [1.165, 1.54) is 25.7 Å². The maximum absolute atomic E-state index is 13.3. The van der Waals surface area contributed by atoms with Crippen molar-refractivity contribution in [2.75, 3.05) is 6.54 Å². The van der Waals surface area contributed by atoms with E-state index in [1.807, 2.05) is 16.7 Å². The van der Waals surface area contributed by atoms with Crippen molar-refractivity contribution in [2.24, 2.45) is 5.73 Å². The molecule has 3 fully saturated rings. The fourth-order valence-electron chi connectivity index (χ4n) is 5.16. The van der Waals surface area contributed by atoms with E-state index in [4.69, 9.17) is 5.73 Å². The number of hydrogen-bond donors (Lipinski definition) is 2. The first-order valence-electron chi connectivity index (χ1n) is 10.4. The summed E-state index contributed by atoms with van der Waals surface area (Å²) >= 11 is 1.86. The highest BCUT2D eigenvalue weighted by molar-refractivity contribution is 8.02. The van der Waals surface area contributed by atoms with Crippen LogP contribution in [0.25, 0.3) is 0 Å². The van der Waals surface area contributed by atoms with Crippen LogP contribution in [0.2, 0.25) is 0 Å². The van der Waals surface area contributed by atoms with Crippen molar-refractivity contribution < 1.29 is 9.59 Å². The smallest absolute Gasteiger partial charge is 0.244 e. The van der Waals surface area contributed by atoms with Crippen LogP contribution in [0, 0.1) is 0 Å². The zero-order chi connectivity index (χ0) is 18.8. The number of nitrogens with zero attached hydrogens (tertiary/aromatic N) is 1. The van der Waals surface area contributed by atoms with Gasteiger partial charge in [0.2, 0.25) is 11.8 Å². The Kier molecular flexibility index (Phi) is 6.22. The Morgan fingerprint density at radius 3 is 2.31 bits per heavy atom. The molecule has 0 unspecified atom stereocenters. The Labute approximate surface area is 162 Å². The third-order valence-corrected chi connectivity index (χ3v) is 8.00. The van der Waals surface area contributed by atoms with Gasteiger partial charge >= 0.3 is 0 Å². The monoisotopic (exact) mass is 381 g/mol. The first-order chi connectivity index (χ1) is 12.4. The van der Waals surface area contributed by atoms with Crippen LogP contribution in [0.4, 0.5) is 0 Å². The van der Waals surface area contributed by atoms with Crippen molar-refractivity contribution >= 4 is 23.6 Å². The van der Waals surface area contributed by atoms with E-state index in [-0.39, 0.29) is 27.5 Å². The second kappa shape index (κ2) is 8.09. The summed E-state index contributed by atoms with van der Waals surface area (Å²) in [6.45, 7) is 4.61. The molecule has 0 aromatic rings. The fraction of sp³-hybridized carbons (Fsp3) is 0.900. The molecule has 2 saturated carbocycles. The summed E-state index contributed by atoms with van der Waals surface area (Å²) < 4.78 is -0.277. The van der Waals surface area contributed by atoms with Gasteiger partial charge in [0.05, 0.1) is 4.87 Å². The second-order valence-corrected chi connectivity index (χ2v) is 10.8. The van der Waals surface area contributed by atoms with Gasteiger partial charge in [-0.15, -0.1) is 11.8 Å². The lowest BCUT2D eigenvalue weighted by molar-refractivity contribution is -0.145. The van der Waals surface area contributed by atoms with Crippen molar-refractivity contribution in [1.82, 2.24) is 10.2 Å². The lowest BCUT2D eigenvalue weighted by atomic mass is 9.89. The van der Waals surface area contributed by atoms with Gasteiger partial charge < -0.3 is 16.0 Å². The van der Waals surface area contributed by atoms with Crippen LogP contribution in [0.5, 0.6) is 0 Å². The van der Waals surface area contributed by atoms with Gasteiger partial charge in [-0.3, -0.25) is 9.59 Å². The number of nitrogens with one attached hydrogen (secondary N) is 1. The molecule has 3 N–H and O–H groups in total. The van der Waals surface area contributed by atoms with E-state index in [0.29, 0.717) is 13.0 Å². The topological polar surface area (TPSA) is 75.4 Å². The molecule has 0 aromatic carbocycles. The minimum Gasteiger partial charge on any atom is -0.352 e. The molecule has 6 heteroatoms. The molecule has 5 nitrogen and oxygen atoms in total. The van der Waals surface area contributed by atoms with Gasteiger partial charge in [-0.2, -0.15) is 0 Å². The van der Waals surface area contributed by atoms with E-state index in [2.05, 4.69) is 19.2 Å². The molecular formula is C20H35N3O2S. The zero-order valence-electron chi connectivity index (χ0n) is 16.4. The van der Waals surface area contributed by atoms with Crippen molar-refractivity contribution in [2.45, 2.75) is 106 Å². The summed E-state index contributed by atoms with van der Waals surface area (Å²) in [5.41, 5.74) is 5.70. The Morgan fingerprint density at radius 2 is 1.69 bits per heavy atom. The molecule has 1 aliphatic heterocycles. The highest BCUT2D eigenvalue weighted by atomic mass is 32.2. The molecule has 2 aliphatic carbocycles. The number of nitrogens with two attached hydrogens (primary N) is 1. The van der Waals surface area contributed by atoms with E-state index in [1.54, 1.807) is 0 Å². The summed E-state index contributed by atoms with van der Waals surface area (Å²) in [7, 11) is 0. The van der Waals surface area contributed by atoms with Gasteiger partial charge in [-0.05, 0) is 39.5 Å². The maximum atomic E-state index is 13.3. The molecule has 26 heavy (non-hydrogen) atoms. The molecule has 0 aromatic heterocycles. The first-order valence-corrected chi connectivity index (χ1v) is 11.2. The molecular weight excluding hydrogens is 346 g/mol. The predicted molar refractivity (Wildman–Crippen MR) is 107 cm³/mol. The van der Waals surface area contributed by atoms with Gasteiger partial charge in [-0.25, -0.2) is 0 Å². The Morgan fingerprint density at radius 1 is 1.08 bits per heavy atom. The summed E-state index contributed by atoms with van der Waals surface area (Å²) in [5, 5.41) is 3.29. The molecule has 0 radical (unpaired) electrons.